The molecule has 1 rings (SSSR count). The number of nitrogens with two attached hydrogens (primary N) is 1. The van der Waals surface area contributed by atoms with Crippen LogP contribution in [-0.2, 0) is 4.79 Å². The summed E-state index contributed by atoms with van der Waals surface area (Å²) in [5.41, 5.74) is 6.01. The summed E-state index contributed by atoms with van der Waals surface area (Å²) in [6.07, 6.45) is 0.306. The van der Waals surface area contributed by atoms with E-state index in [-0.39, 0.29) is 17.4 Å². The summed E-state index contributed by atoms with van der Waals surface area (Å²) in [5.74, 6) is -1.13. The molecule has 0 heterocycles. The molecule has 1 unspecified atom stereocenters. The molecule has 4 N–H and O–H groups in total. The van der Waals surface area contributed by atoms with E-state index in [9.17, 15) is 9.59 Å². The molecule has 1 aromatic carbocycles. The van der Waals surface area contributed by atoms with E-state index in [1.54, 1.807) is 6.07 Å². The maximum atomic E-state index is 11.7. The Morgan fingerprint density at radius 2 is 2.17 bits per heavy atom. The quantitative estimate of drug-likeness (QED) is 0.775. The number of hydrogen-bond acceptors (Lipinski definition) is 3. The summed E-state index contributed by atoms with van der Waals surface area (Å²) in [4.78, 5) is 22.5. The summed E-state index contributed by atoms with van der Waals surface area (Å²) >= 11 is 3.26. The molecule has 0 fully saturated rings. The van der Waals surface area contributed by atoms with Gasteiger partial charge in [-0.3, -0.25) is 4.79 Å². The van der Waals surface area contributed by atoms with Gasteiger partial charge in [-0.1, -0.05) is 6.92 Å². The first-order valence-corrected chi connectivity index (χ1v) is 6.26. The van der Waals surface area contributed by atoms with E-state index in [4.69, 9.17) is 10.8 Å². The summed E-state index contributed by atoms with van der Waals surface area (Å²) in [7, 11) is 0. The van der Waals surface area contributed by atoms with Crippen molar-refractivity contribution in [1.29, 1.82) is 0 Å². The number of hydrogen-bond donors (Lipinski definition) is 3. The van der Waals surface area contributed by atoms with Crippen molar-refractivity contribution >= 4 is 33.5 Å². The largest absolute Gasteiger partial charge is 0.478 e. The van der Waals surface area contributed by atoms with Gasteiger partial charge in [0, 0.05) is 10.9 Å². The molecule has 0 aliphatic carbocycles. The number of carbonyl (C=O) groups excluding carboxylic acids is 1. The van der Waals surface area contributed by atoms with Gasteiger partial charge >= 0.3 is 5.97 Å². The second kappa shape index (κ2) is 6.51. The number of amides is 1. The fourth-order valence-corrected chi connectivity index (χ4v) is 1.70. The highest BCUT2D eigenvalue weighted by molar-refractivity contribution is 9.10. The highest BCUT2D eigenvalue weighted by Crippen LogP contribution is 2.24. The first-order valence-electron chi connectivity index (χ1n) is 5.46. The molecule has 0 radical (unpaired) electrons. The molecule has 0 spiro atoms. The van der Waals surface area contributed by atoms with Crippen LogP contribution in [0.5, 0.6) is 0 Å². The Bertz CT molecular complexity index is 463. The standard InChI is InChI=1S/C12H15BrN2O3/c1-7(6-14)4-11(16)15-10-5-8(12(17)18)2-3-9(10)13/h2-3,5,7H,4,6,14H2,1H3,(H,15,16)(H,17,18). The smallest absolute Gasteiger partial charge is 0.335 e. The van der Waals surface area contributed by atoms with Crippen LogP contribution in [0.4, 0.5) is 5.69 Å². The highest BCUT2D eigenvalue weighted by atomic mass is 79.9. The predicted molar refractivity (Wildman–Crippen MR) is 72.6 cm³/mol. The number of benzene rings is 1. The van der Waals surface area contributed by atoms with Crippen LogP contribution in [0.15, 0.2) is 22.7 Å². The van der Waals surface area contributed by atoms with Crippen molar-refractivity contribution in [2.45, 2.75) is 13.3 Å². The third-order valence-corrected chi connectivity index (χ3v) is 3.12. The van der Waals surface area contributed by atoms with E-state index >= 15 is 0 Å². The Morgan fingerprint density at radius 1 is 1.50 bits per heavy atom. The second-order valence-corrected chi connectivity index (χ2v) is 4.95. The summed E-state index contributed by atoms with van der Waals surface area (Å²) < 4.78 is 0.640. The van der Waals surface area contributed by atoms with Crippen LogP contribution in [0.3, 0.4) is 0 Å². The molecule has 0 aliphatic heterocycles. The number of halogens is 1. The molecule has 0 saturated heterocycles. The topological polar surface area (TPSA) is 92.4 Å². The lowest BCUT2D eigenvalue weighted by Crippen LogP contribution is -2.20. The zero-order valence-electron chi connectivity index (χ0n) is 9.94. The maximum absolute atomic E-state index is 11.7. The Balaban J connectivity index is 2.80. The zero-order chi connectivity index (χ0) is 13.7. The first kappa shape index (κ1) is 14.7. The van der Waals surface area contributed by atoms with E-state index in [2.05, 4.69) is 21.2 Å². The normalized spacial score (nSPS) is 11.9. The minimum Gasteiger partial charge on any atom is -0.478 e. The van der Waals surface area contributed by atoms with Gasteiger partial charge in [0.2, 0.25) is 5.91 Å². The highest BCUT2D eigenvalue weighted by Gasteiger charge is 2.11. The van der Waals surface area contributed by atoms with E-state index < -0.39 is 5.97 Å². The summed E-state index contributed by atoms with van der Waals surface area (Å²) in [6.45, 7) is 2.31. The Kier molecular flexibility index (Phi) is 5.30. The van der Waals surface area contributed by atoms with Crippen LogP contribution in [0, 0.1) is 5.92 Å². The van der Waals surface area contributed by atoms with Crippen molar-refractivity contribution in [2.75, 3.05) is 11.9 Å². The average Bonchev–Trinajstić information content (AvgIpc) is 2.31. The fraction of sp³-hybridized carbons (Fsp3) is 0.333. The van der Waals surface area contributed by atoms with Crippen LogP contribution in [0.2, 0.25) is 0 Å². The van der Waals surface area contributed by atoms with Gasteiger partial charge in [0.25, 0.3) is 0 Å². The number of carboxylic acid groups (broad SMARTS) is 1. The van der Waals surface area contributed by atoms with Gasteiger partial charge < -0.3 is 16.2 Å². The fourth-order valence-electron chi connectivity index (χ4n) is 1.36. The molecule has 18 heavy (non-hydrogen) atoms. The molecule has 0 aromatic heterocycles. The lowest BCUT2D eigenvalue weighted by Gasteiger charge is -2.11. The Labute approximate surface area is 113 Å². The van der Waals surface area contributed by atoms with Crippen LogP contribution in [0.25, 0.3) is 0 Å². The molecule has 0 saturated carbocycles. The minimum atomic E-state index is -1.03. The van der Waals surface area contributed by atoms with E-state index in [0.29, 0.717) is 23.1 Å². The number of carbonyl (C=O) groups is 2. The average molecular weight is 315 g/mol. The van der Waals surface area contributed by atoms with Gasteiger partial charge in [-0.2, -0.15) is 0 Å². The molecular formula is C12H15BrN2O3. The Morgan fingerprint density at radius 3 is 2.72 bits per heavy atom. The predicted octanol–water partition coefficient (Wildman–Crippen LogP) is 2.07. The van der Waals surface area contributed by atoms with Crippen LogP contribution in [-0.4, -0.2) is 23.5 Å². The Hall–Kier alpha value is -1.40. The molecule has 1 atom stereocenters. The lowest BCUT2D eigenvalue weighted by molar-refractivity contribution is -0.116. The monoisotopic (exact) mass is 314 g/mol. The number of nitrogens with one attached hydrogen (secondary N) is 1. The van der Waals surface area contributed by atoms with Crippen molar-refractivity contribution in [3.8, 4) is 0 Å². The van der Waals surface area contributed by atoms with Gasteiger partial charge in [0.05, 0.1) is 11.3 Å². The van der Waals surface area contributed by atoms with Crippen molar-refractivity contribution in [3.05, 3.63) is 28.2 Å². The van der Waals surface area contributed by atoms with Gasteiger partial charge in [0.1, 0.15) is 0 Å². The third-order valence-electron chi connectivity index (χ3n) is 2.42. The van der Waals surface area contributed by atoms with Crippen molar-refractivity contribution in [3.63, 3.8) is 0 Å². The van der Waals surface area contributed by atoms with Crippen molar-refractivity contribution < 1.29 is 14.7 Å². The molecule has 0 bridgehead atoms. The molecule has 1 amide bonds. The first-order chi connectivity index (χ1) is 8.43. The third kappa shape index (κ3) is 4.12. The number of rotatable bonds is 5. The molecule has 6 heteroatoms. The van der Waals surface area contributed by atoms with Gasteiger partial charge in [-0.05, 0) is 46.6 Å². The lowest BCUT2D eigenvalue weighted by atomic mass is 10.1. The number of anilines is 1. The van der Waals surface area contributed by atoms with E-state index in [0.717, 1.165) is 0 Å². The molecule has 98 valence electrons. The molecule has 1 aromatic rings. The van der Waals surface area contributed by atoms with Crippen LogP contribution < -0.4 is 11.1 Å². The zero-order valence-corrected chi connectivity index (χ0v) is 11.5. The van der Waals surface area contributed by atoms with Crippen LogP contribution in [0.1, 0.15) is 23.7 Å². The van der Waals surface area contributed by atoms with E-state index in [1.165, 1.54) is 12.1 Å². The molecular weight excluding hydrogens is 300 g/mol. The summed E-state index contributed by atoms with van der Waals surface area (Å²) in [5, 5.41) is 11.5. The van der Waals surface area contributed by atoms with Gasteiger partial charge in [-0.25, -0.2) is 4.79 Å². The minimum absolute atomic E-state index is 0.0893. The van der Waals surface area contributed by atoms with Crippen LogP contribution >= 0.6 is 15.9 Å². The number of aromatic carboxylic acids is 1. The van der Waals surface area contributed by atoms with Gasteiger partial charge in [-0.15, -0.1) is 0 Å². The van der Waals surface area contributed by atoms with E-state index in [1.807, 2.05) is 6.92 Å². The molecule has 5 nitrogen and oxygen atoms in total. The number of carboxylic acids is 1. The van der Waals surface area contributed by atoms with Gasteiger partial charge in [0.15, 0.2) is 0 Å². The SMILES string of the molecule is CC(CN)CC(=O)Nc1cc(C(=O)O)ccc1Br. The maximum Gasteiger partial charge on any atom is 0.335 e. The summed E-state index contributed by atoms with van der Waals surface area (Å²) in [6, 6.07) is 4.47. The molecule has 0 aliphatic rings. The second-order valence-electron chi connectivity index (χ2n) is 4.09. The van der Waals surface area contributed by atoms with Crippen molar-refractivity contribution in [1.82, 2.24) is 0 Å². The van der Waals surface area contributed by atoms with Crippen molar-refractivity contribution in [2.24, 2.45) is 11.7 Å².